The molecule has 2 aromatic rings. The Morgan fingerprint density at radius 1 is 1.29 bits per heavy atom. The van der Waals surface area contributed by atoms with Crippen LogP contribution in [0.5, 0.6) is 0 Å². The van der Waals surface area contributed by atoms with Gasteiger partial charge in [0.25, 0.3) is 17.5 Å². The number of hydrogen-bond acceptors (Lipinski definition) is 6. The molecule has 8 heteroatoms. The summed E-state index contributed by atoms with van der Waals surface area (Å²) in [6, 6.07) is 1.76. The summed E-state index contributed by atoms with van der Waals surface area (Å²) in [6.45, 7) is 7.20. The van der Waals surface area contributed by atoms with E-state index in [9.17, 15) is 9.59 Å². The molecule has 0 bridgehead atoms. The second kappa shape index (κ2) is 6.54. The first kappa shape index (κ1) is 16.4. The Kier molecular flexibility index (Phi) is 4.46. The van der Waals surface area contributed by atoms with Gasteiger partial charge in [0, 0.05) is 25.0 Å². The third kappa shape index (κ3) is 3.37. The number of amides is 1. The number of piperidine rings is 1. The lowest BCUT2D eigenvalue weighted by atomic mass is 9.92. The van der Waals surface area contributed by atoms with E-state index in [2.05, 4.69) is 28.9 Å². The highest BCUT2D eigenvalue weighted by atomic mass is 16.5. The first-order valence-electron chi connectivity index (χ1n) is 8.07. The number of fused-ring (bicyclic) bond motifs is 1. The van der Waals surface area contributed by atoms with Crippen LogP contribution in [0.2, 0.25) is 0 Å². The molecule has 3 rings (SSSR count). The normalized spacial score (nSPS) is 21.0. The second-order valence-electron chi connectivity index (χ2n) is 6.55. The summed E-state index contributed by atoms with van der Waals surface area (Å²) >= 11 is 0. The van der Waals surface area contributed by atoms with E-state index in [0.717, 1.165) is 12.1 Å². The number of carbonyl (C=O) groups is 2. The summed E-state index contributed by atoms with van der Waals surface area (Å²) in [6.07, 6.45) is 2.71. The number of carbonyl (C=O) groups excluding carboxylic acids is 2. The van der Waals surface area contributed by atoms with Gasteiger partial charge in [-0.25, -0.2) is 14.3 Å². The molecule has 1 amide bonds. The lowest BCUT2D eigenvalue weighted by Gasteiger charge is -2.34. The predicted molar refractivity (Wildman–Crippen MR) is 85.3 cm³/mol. The number of nitrogens with zero attached hydrogens (tertiary/aromatic N) is 5. The van der Waals surface area contributed by atoms with E-state index in [-0.39, 0.29) is 18.3 Å². The van der Waals surface area contributed by atoms with Crippen molar-refractivity contribution in [2.24, 2.45) is 11.8 Å². The van der Waals surface area contributed by atoms with Crippen molar-refractivity contribution in [1.82, 2.24) is 24.5 Å². The van der Waals surface area contributed by atoms with Crippen LogP contribution >= 0.6 is 0 Å². The van der Waals surface area contributed by atoms with E-state index in [1.165, 1.54) is 4.52 Å². The summed E-state index contributed by atoms with van der Waals surface area (Å²) in [5, 5.41) is 4.07. The fourth-order valence-corrected chi connectivity index (χ4v) is 3.14. The quantitative estimate of drug-likeness (QED) is 0.782. The van der Waals surface area contributed by atoms with E-state index >= 15 is 0 Å². The zero-order chi connectivity index (χ0) is 17.3. The minimum absolute atomic E-state index is 0.0926. The molecule has 2 aromatic heterocycles. The number of rotatable bonds is 3. The van der Waals surface area contributed by atoms with Gasteiger partial charge in [0.15, 0.2) is 6.61 Å². The molecule has 0 N–H and O–H groups in total. The molecule has 0 spiro atoms. The highest BCUT2D eigenvalue weighted by molar-refractivity contribution is 5.88. The van der Waals surface area contributed by atoms with E-state index in [1.807, 2.05) is 6.92 Å². The Hall–Kier alpha value is -2.51. The van der Waals surface area contributed by atoms with E-state index < -0.39 is 5.97 Å². The van der Waals surface area contributed by atoms with Gasteiger partial charge < -0.3 is 9.64 Å². The first-order valence-corrected chi connectivity index (χ1v) is 8.07. The van der Waals surface area contributed by atoms with Crippen LogP contribution in [0.25, 0.3) is 5.78 Å². The molecular weight excluding hydrogens is 310 g/mol. The number of ether oxygens (including phenoxy) is 1. The van der Waals surface area contributed by atoms with Crippen molar-refractivity contribution in [2.45, 2.75) is 27.2 Å². The van der Waals surface area contributed by atoms with E-state index in [4.69, 9.17) is 4.74 Å². The largest absolute Gasteiger partial charge is 0.450 e. The van der Waals surface area contributed by atoms with Gasteiger partial charge >= 0.3 is 5.97 Å². The maximum atomic E-state index is 12.2. The molecule has 0 aliphatic carbocycles. The third-order valence-electron chi connectivity index (χ3n) is 4.16. The monoisotopic (exact) mass is 331 g/mol. The zero-order valence-electron chi connectivity index (χ0n) is 14.1. The topological polar surface area (TPSA) is 89.7 Å². The van der Waals surface area contributed by atoms with Gasteiger partial charge in [0.05, 0.1) is 0 Å². The van der Waals surface area contributed by atoms with Crippen LogP contribution in [0.3, 0.4) is 0 Å². The van der Waals surface area contributed by atoms with E-state index in [0.29, 0.717) is 30.7 Å². The fraction of sp³-hybridized carbons (Fsp3) is 0.562. The van der Waals surface area contributed by atoms with Crippen molar-refractivity contribution in [3.05, 3.63) is 23.8 Å². The smallest absolute Gasteiger partial charge is 0.378 e. The third-order valence-corrected chi connectivity index (χ3v) is 4.16. The summed E-state index contributed by atoms with van der Waals surface area (Å²) in [5.74, 6) is 0.258. The van der Waals surface area contributed by atoms with Crippen molar-refractivity contribution < 1.29 is 14.3 Å². The van der Waals surface area contributed by atoms with Gasteiger partial charge in [-0.2, -0.15) is 4.98 Å². The average Bonchev–Trinajstić information content (AvgIpc) is 2.97. The van der Waals surface area contributed by atoms with Crippen molar-refractivity contribution in [1.29, 1.82) is 0 Å². The van der Waals surface area contributed by atoms with Gasteiger partial charge in [-0.15, -0.1) is 5.10 Å². The standard InChI is InChI=1S/C16H21N5O3/c1-10-6-11(2)8-20(7-10)13(22)9-24-15(23)14-18-16-17-5-4-12(3)21(16)19-14/h4-5,10-11H,6-9H2,1-3H3/t10-,11+. The van der Waals surface area contributed by atoms with Gasteiger partial charge in [0.1, 0.15) is 0 Å². The summed E-state index contributed by atoms with van der Waals surface area (Å²) in [4.78, 5) is 34.1. The zero-order valence-corrected chi connectivity index (χ0v) is 14.1. The van der Waals surface area contributed by atoms with Gasteiger partial charge in [-0.3, -0.25) is 4.79 Å². The van der Waals surface area contributed by atoms with Crippen molar-refractivity contribution >= 4 is 17.7 Å². The molecule has 0 unspecified atom stereocenters. The predicted octanol–water partition coefficient (Wildman–Crippen LogP) is 1.09. The highest BCUT2D eigenvalue weighted by Gasteiger charge is 2.26. The molecule has 8 nitrogen and oxygen atoms in total. The van der Waals surface area contributed by atoms with Crippen LogP contribution in [-0.4, -0.2) is 56.1 Å². The molecular formula is C16H21N5O3. The van der Waals surface area contributed by atoms with Crippen molar-refractivity contribution in [3.63, 3.8) is 0 Å². The summed E-state index contributed by atoms with van der Waals surface area (Å²) in [7, 11) is 0. The SMILES string of the molecule is Cc1ccnc2nc(C(=O)OCC(=O)N3C[C@H](C)C[C@H](C)C3)nn12. The number of aromatic nitrogens is 4. The number of aryl methyl sites for hydroxylation is 1. The lowest BCUT2D eigenvalue weighted by Crippen LogP contribution is -2.44. The van der Waals surface area contributed by atoms with Crippen molar-refractivity contribution in [2.75, 3.05) is 19.7 Å². The Morgan fingerprint density at radius 3 is 2.67 bits per heavy atom. The molecule has 1 aliphatic heterocycles. The molecule has 0 radical (unpaired) electrons. The molecule has 24 heavy (non-hydrogen) atoms. The van der Waals surface area contributed by atoms with Crippen LogP contribution < -0.4 is 0 Å². The molecule has 1 saturated heterocycles. The molecule has 128 valence electrons. The van der Waals surface area contributed by atoms with E-state index in [1.54, 1.807) is 17.2 Å². The number of likely N-dealkylation sites (tertiary alicyclic amines) is 1. The Morgan fingerprint density at radius 2 is 2.00 bits per heavy atom. The van der Waals surface area contributed by atoms with Crippen LogP contribution in [0.1, 0.15) is 36.6 Å². The first-order chi connectivity index (χ1) is 11.4. The maximum absolute atomic E-state index is 12.2. The summed E-state index contributed by atoms with van der Waals surface area (Å²) < 4.78 is 6.55. The van der Waals surface area contributed by atoms with Crippen molar-refractivity contribution in [3.8, 4) is 0 Å². The summed E-state index contributed by atoms with van der Waals surface area (Å²) in [5.41, 5.74) is 0.805. The molecule has 0 aromatic carbocycles. The maximum Gasteiger partial charge on any atom is 0.378 e. The molecule has 3 heterocycles. The molecule has 1 fully saturated rings. The van der Waals surface area contributed by atoms with Gasteiger partial charge in [0.2, 0.25) is 0 Å². The van der Waals surface area contributed by atoms with Crippen LogP contribution in [0, 0.1) is 18.8 Å². The highest BCUT2D eigenvalue weighted by Crippen LogP contribution is 2.20. The number of esters is 1. The fourth-order valence-electron chi connectivity index (χ4n) is 3.14. The minimum atomic E-state index is -0.716. The minimum Gasteiger partial charge on any atom is -0.450 e. The van der Waals surface area contributed by atoms with Gasteiger partial charge in [-0.05, 0) is 31.2 Å². The van der Waals surface area contributed by atoms with Crippen LogP contribution in [-0.2, 0) is 9.53 Å². The molecule has 2 atom stereocenters. The lowest BCUT2D eigenvalue weighted by molar-refractivity contribution is -0.137. The Bertz CT molecular complexity index is 762. The molecule has 0 saturated carbocycles. The Labute approximate surface area is 139 Å². The van der Waals surface area contributed by atoms with Crippen LogP contribution in [0.15, 0.2) is 12.3 Å². The van der Waals surface area contributed by atoms with Crippen LogP contribution in [0.4, 0.5) is 0 Å². The number of hydrogen-bond donors (Lipinski definition) is 0. The molecule has 1 aliphatic rings. The Balaban J connectivity index is 1.62. The van der Waals surface area contributed by atoms with Gasteiger partial charge in [-0.1, -0.05) is 13.8 Å². The second-order valence-corrected chi connectivity index (χ2v) is 6.55. The average molecular weight is 331 g/mol.